The van der Waals surface area contributed by atoms with Crippen molar-refractivity contribution < 1.29 is 4.79 Å². The maximum absolute atomic E-state index is 12.9. The van der Waals surface area contributed by atoms with Crippen molar-refractivity contribution in [1.29, 1.82) is 0 Å². The molecule has 0 saturated carbocycles. The van der Waals surface area contributed by atoms with Gasteiger partial charge in [0, 0.05) is 23.1 Å². The number of carbonyl (C=O) groups excluding carboxylic acids is 1. The molecule has 2 aromatic heterocycles. The van der Waals surface area contributed by atoms with Crippen molar-refractivity contribution >= 4 is 16.8 Å². The van der Waals surface area contributed by atoms with Crippen LogP contribution in [0.3, 0.4) is 0 Å². The third kappa shape index (κ3) is 2.92. The predicted molar refractivity (Wildman–Crippen MR) is 95.9 cm³/mol. The van der Waals surface area contributed by atoms with E-state index >= 15 is 0 Å². The van der Waals surface area contributed by atoms with E-state index in [1.165, 1.54) is 23.0 Å². The van der Waals surface area contributed by atoms with Crippen LogP contribution >= 0.6 is 0 Å². The first-order valence-electron chi connectivity index (χ1n) is 8.85. The van der Waals surface area contributed by atoms with Crippen LogP contribution in [0.4, 0.5) is 0 Å². The van der Waals surface area contributed by atoms with Gasteiger partial charge in [0.15, 0.2) is 0 Å². The van der Waals surface area contributed by atoms with Gasteiger partial charge in [0.25, 0.3) is 0 Å². The van der Waals surface area contributed by atoms with Crippen LogP contribution in [0.5, 0.6) is 0 Å². The Hall–Kier alpha value is -2.63. The van der Waals surface area contributed by atoms with Crippen LogP contribution in [-0.2, 0) is 17.8 Å². The number of aromatic nitrogens is 4. The first-order valence-corrected chi connectivity index (χ1v) is 8.85. The number of benzene rings is 1. The highest BCUT2D eigenvalue weighted by molar-refractivity contribution is 5.86. The molecule has 6 heteroatoms. The van der Waals surface area contributed by atoms with Crippen LogP contribution in [0.15, 0.2) is 36.9 Å². The molecule has 0 radical (unpaired) electrons. The van der Waals surface area contributed by atoms with E-state index in [1.54, 1.807) is 11.0 Å². The van der Waals surface area contributed by atoms with Crippen molar-refractivity contribution in [3.05, 3.63) is 48.2 Å². The van der Waals surface area contributed by atoms with Gasteiger partial charge in [-0.25, -0.2) is 9.67 Å². The van der Waals surface area contributed by atoms with Gasteiger partial charge in [-0.05, 0) is 30.4 Å². The Labute approximate surface area is 146 Å². The number of para-hydroxylation sites is 1. The highest BCUT2D eigenvalue weighted by Crippen LogP contribution is 2.37. The normalized spacial score (nSPS) is 17.2. The van der Waals surface area contributed by atoms with E-state index < -0.39 is 0 Å². The van der Waals surface area contributed by atoms with Crippen LogP contribution in [0.1, 0.15) is 37.6 Å². The zero-order valence-electron chi connectivity index (χ0n) is 14.6. The summed E-state index contributed by atoms with van der Waals surface area (Å²) in [7, 11) is 0. The number of hydrogen-bond acceptors (Lipinski definition) is 3. The second-order valence-electron chi connectivity index (χ2n) is 7.14. The largest absolute Gasteiger partial charge is 0.356 e. The van der Waals surface area contributed by atoms with E-state index in [2.05, 4.69) is 53.2 Å². The fourth-order valence-corrected chi connectivity index (χ4v) is 3.85. The molecule has 0 aliphatic carbocycles. The second-order valence-corrected chi connectivity index (χ2v) is 7.14. The van der Waals surface area contributed by atoms with E-state index in [1.807, 2.05) is 4.90 Å². The minimum atomic E-state index is 0.0900. The third-order valence-corrected chi connectivity index (χ3v) is 4.94. The average Bonchev–Trinajstić information content (AvgIpc) is 3.22. The van der Waals surface area contributed by atoms with Crippen LogP contribution < -0.4 is 0 Å². The van der Waals surface area contributed by atoms with Gasteiger partial charge in [-0.1, -0.05) is 32.0 Å². The lowest BCUT2D eigenvalue weighted by Gasteiger charge is -2.37. The summed E-state index contributed by atoms with van der Waals surface area (Å²) < 4.78 is 1.59. The summed E-state index contributed by atoms with van der Waals surface area (Å²) in [5.74, 6) is 0.601. The molecule has 3 aromatic rings. The van der Waals surface area contributed by atoms with Gasteiger partial charge in [0.2, 0.25) is 5.91 Å². The Morgan fingerprint density at radius 1 is 1.36 bits per heavy atom. The molecule has 1 N–H and O–H groups in total. The molecule has 1 amide bonds. The zero-order valence-corrected chi connectivity index (χ0v) is 14.6. The van der Waals surface area contributed by atoms with E-state index in [0.717, 1.165) is 24.9 Å². The molecule has 6 nitrogen and oxygen atoms in total. The van der Waals surface area contributed by atoms with Crippen molar-refractivity contribution in [3.8, 4) is 0 Å². The third-order valence-electron chi connectivity index (χ3n) is 4.94. The summed E-state index contributed by atoms with van der Waals surface area (Å²) >= 11 is 0. The molecule has 1 aromatic carbocycles. The zero-order chi connectivity index (χ0) is 17.4. The molecule has 1 atom stereocenters. The Balaban J connectivity index is 1.69. The lowest BCUT2D eigenvalue weighted by Crippen LogP contribution is -2.42. The fourth-order valence-electron chi connectivity index (χ4n) is 3.85. The molecule has 1 aliphatic heterocycles. The molecule has 1 unspecified atom stereocenters. The number of nitrogens with zero attached hydrogens (tertiary/aromatic N) is 4. The number of nitrogens with one attached hydrogen (secondary N) is 1. The SMILES string of the molecule is CC(C)CC1c2[nH]c3ccccc3c2CCN1C(=O)Cn1cncn1. The molecule has 3 heterocycles. The average molecular weight is 337 g/mol. The summed E-state index contributed by atoms with van der Waals surface area (Å²) in [4.78, 5) is 22.4. The maximum Gasteiger partial charge on any atom is 0.244 e. The van der Waals surface area contributed by atoms with Crippen LogP contribution in [-0.4, -0.2) is 37.1 Å². The number of rotatable bonds is 4. The molecule has 0 spiro atoms. The maximum atomic E-state index is 12.9. The predicted octanol–water partition coefficient (Wildman–Crippen LogP) is 2.93. The number of carbonyl (C=O) groups is 1. The van der Waals surface area contributed by atoms with Crippen molar-refractivity contribution in [3.63, 3.8) is 0 Å². The Kier molecular flexibility index (Phi) is 4.03. The summed E-state index contributed by atoms with van der Waals surface area (Å²) in [5, 5.41) is 5.35. The highest BCUT2D eigenvalue weighted by Gasteiger charge is 2.33. The molecule has 25 heavy (non-hydrogen) atoms. The minimum absolute atomic E-state index is 0.0900. The Bertz CT molecular complexity index is 881. The first kappa shape index (κ1) is 15.9. The van der Waals surface area contributed by atoms with Crippen LogP contribution in [0.2, 0.25) is 0 Å². The van der Waals surface area contributed by atoms with Gasteiger partial charge < -0.3 is 9.88 Å². The molecular formula is C19H23N5O. The molecule has 0 fully saturated rings. The van der Waals surface area contributed by atoms with Crippen LogP contribution in [0.25, 0.3) is 10.9 Å². The minimum Gasteiger partial charge on any atom is -0.356 e. The Morgan fingerprint density at radius 3 is 2.96 bits per heavy atom. The highest BCUT2D eigenvalue weighted by atomic mass is 16.2. The van der Waals surface area contributed by atoms with Gasteiger partial charge >= 0.3 is 0 Å². The van der Waals surface area contributed by atoms with E-state index in [0.29, 0.717) is 5.92 Å². The molecule has 1 aliphatic rings. The Morgan fingerprint density at radius 2 is 2.20 bits per heavy atom. The standard InChI is InChI=1S/C19H23N5O/c1-13(2)9-17-19-15(14-5-3-4-6-16(14)22-19)7-8-24(17)18(25)10-23-12-20-11-21-23/h3-6,11-13,17,22H,7-10H2,1-2H3. The monoisotopic (exact) mass is 337 g/mol. The first-order chi connectivity index (χ1) is 12.1. The van der Waals surface area contributed by atoms with Gasteiger partial charge in [-0.2, -0.15) is 5.10 Å². The fraction of sp³-hybridized carbons (Fsp3) is 0.421. The molecule has 4 rings (SSSR count). The summed E-state index contributed by atoms with van der Waals surface area (Å²) in [6.07, 6.45) is 4.89. The number of fused-ring (bicyclic) bond motifs is 3. The van der Waals surface area contributed by atoms with Crippen LogP contribution in [0, 0.1) is 5.92 Å². The van der Waals surface area contributed by atoms with Crippen molar-refractivity contribution in [1.82, 2.24) is 24.6 Å². The summed E-state index contributed by atoms with van der Waals surface area (Å²) in [6.45, 7) is 5.40. The smallest absolute Gasteiger partial charge is 0.244 e. The van der Waals surface area contributed by atoms with Crippen molar-refractivity contribution in [2.45, 2.75) is 39.3 Å². The number of aromatic amines is 1. The topological polar surface area (TPSA) is 66.8 Å². The molecule has 0 bridgehead atoms. The summed E-state index contributed by atoms with van der Waals surface area (Å²) in [5.41, 5.74) is 3.73. The number of amides is 1. The van der Waals surface area contributed by atoms with Crippen molar-refractivity contribution in [2.75, 3.05) is 6.54 Å². The lowest BCUT2D eigenvalue weighted by molar-refractivity contribution is -0.135. The van der Waals surface area contributed by atoms with Gasteiger partial charge in [0.1, 0.15) is 19.2 Å². The molecular weight excluding hydrogens is 314 g/mol. The van der Waals surface area contributed by atoms with E-state index in [9.17, 15) is 4.79 Å². The molecule has 130 valence electrons. The summed E-state index contributed by atoms with van der Waals surface area (Å²) in [6, 6.07) is 8.50. The van der Waals surface area contributed by atoms with E-state index in [-0.39, 0.29) is 18.5 Å². The van der Waals surface area contributed by atoms with Crippen molar-refractivity contribution in [2.24, 2.45) is 5.92 Å². The number of H-pyrrole nitrogens is 1. The van der Waals surface area contributed by atoms with E-state index in [4.69, 9.17) is 0 Å². The molecule has 0 saturated heterocycles. The quantitative estimate of drug-likeness (QED) is 0.796. The second kappa shape index (κ2) is 6.35. The lowest BCUT2D eigenvalue weighted by atomic mass is 9.91. The van der Waals surface area contributed by atoms with Gasteiger partial charge in [-0.15, -0.1) is 0 Å². The number of hydrogen-bond donors (Lipinski definition) is 1. The van der Waals surface area contributed by atoms with Gasteiger partial charge in [0.05, 0.1) is 6.04 Å². The van der Waals surface area contributed by atoms with Gasteiger partial charge in [-0.3, -0.25) is 4.79 Å².